The molecule has 1 aliphatic heterocycles. The fourth-order valence-corrected chi connectivity index (χ4v) is 10.1. The van der Waals surface area contributed by atoms with Gasteiger partial charge < -0.3 is 9.84 Å². The molecular weight excluding hydrogens is 490 g/mol. The molecule has 3 heterocycles. The van der Waals surface area contributed by atoms with E-state index in [1.165, 1.54) is 43.2 Å². The number of rotatable bonds is 5. The Morgan fingerprint density at radius 1 is 1.16 bits per heavy atom. The van der Waals surface area contributed by atoms with Gasteiger partial charge in [0.15, 0.2) is 5.70 Å². The van der Waals surface area contributed by atoms with Gasteiger partial charge in [-0.1, -0.05) is 0 Å². The first kappa shape index (κ1) is 24.6. The van der Waals surface area contributed by atoms with E-state index in [2.05, 4.69) is 22.0 Å². The largest absolute Gasteiger partial charge is 0.476 e. The lowest BCUT2D eigenvalue weighted by atomic mass is 9.49. The molecule has 10 heteroatoms. The van der Waals surface area contributed by atoms with Crippen molar-refractivity contribution in [3.05, 3.63) is 23.0 Å². The number of aromatic nitrogens is 4. The summed E-state index contributed by atoms with van der Waals surface area (Å²) in [4.78, 5) is 25.8. The summed E-state index contributed by atoms with van der Waals surface area (Å²) in [5.74, 6) is 1.58. The normalized spacial score (nSPS) is 30.8. The zero-order valence-electron chi connectivity index (χ0n) is 22.2. The van der Waals surface area contributed by atoms with Crippen molar-refractivity contribution in [3.8, 4) is 0 Å². The number of nitrogens with zero attached hydrogens (tertiary/aromatic N) is 4. The Hall–Kier alpha value is -2.75. The van der Waals surface area contributed by atoms with Crippen molar-refractivity contribution in [2.24, 2.45) is 23.2 Å². The van der Waals surface area contributed by atoms with E-state index in [1.54, 1.807) is 33.1 Å². The van der Waals surface area contributed by atoms with E-state index in [-0.39, 0.29) is 5.70 Å². The van der Waals surface area contributed by atoms with Crippen LogP contribution in [-0.4, -0.2) is 42.3 Å². The van der Waals surface area contributed by atoms with Crippen LogP contribution in [0.25, 0.3) is 5.70 Å². The van der Waals surface area contributed by atoms with Crippen LogP contribution in [0.1, 0.15) is 70.7 Å². The number of nitrogens with one attached hydrogen (secondary N) is 1. The first-order chi connectivity index (χ1) is 17.4. The number of carbonyl (C=O) groups excluding carboxylic acids is 1. The molecule has 7 rings (SSSR count). The van der Waals surface area contributed by atoms with Gasteiger partial charge in [0.25, 0.3) is 0 Å². The lowest BCUT2D eigenvalue weighted by Gasteiger charge is -2.56. The van der Waals surface area contributed by atoms with Crippen molar-refractivity contribution in [2.45, 2.75) is 95.2 Å². The van der Waals surface area contributed by atoms with Crippen LogP contribution in [0.3, 0.4) is 0 Å². The van der Waals surface area contributed by atoms with Gasteiger partial charge >= 0.3 is 12.1 Å². The van der Waals surface area contributed by atoms with Crippen molar-refractivity contribution in [2.75, 3.05) is 5.32 Å². The summed E-state index contributed by atoms with van der Waals surface area (Å²) in [5.41, 5.74) is 1.93. The van der Waals surface area contributed by atoms with Gasteiger partial charge in [-0.25, -0.2) is 14.3 Å². The molecule has 5 aliphatic rings. The van der Waals surface area contributed by atoms with Crippen LogP contribution in [0.15, 0.2) is 21.5 Å². The van der Waals surface area contributed by atoms with E-state index >= 15 is 0 Å². The summed E-state index contributed by atoms with van der Waals surface area (Å²) in [7, 11) is -1.23. The molecule has 1 amide bonds. The Bertz CT molecular complexity index is 1280. The number of hydrogen-bond donors (Lipinski definition) is 3. The highest BCUT2D eigenvalue weighted by Crippen LogP contribution is 2.61. The Morgan fingerprint density at radius 3 is 2.35 bits per heavy atom. The number of fused-ring (bicyclic) bond motifs is 1. The molecule has 1 unspecified atom stereocenters. The molecule has 200 valence electrons. The molecule has 2 N–H and O–H groups in total. The molecule has 0 radical (unpaired) electrons. The maximum Gasteiger partial charge on any atom is 0.412 e. The van der Waals surface area contributed by atoms with Gasteiger partial charge in [-0.15, -0.1) is 0 Å². The van der Waals surface area contributed by atoms with E-state index in [4.69, 9.17) is 9.84 Å². The average molecular weight is 528 g/mol. The maximum atomic E-state index is 12.6. The standard InChI is InChI=1S/C27H37N5O4S/c1-15-22(29-25(35)36-26(3,4)5)23-32(30-15)20(24(33)34)13-37(23)21-12-28-31(16(21)2)14-27-9-17-6-18(10-27)8-19(7-17)11-27/h12-13,17-19,37H,6-11,14H2,1-5H3,(H,29,35)(H,33,34). The number of ether oxygens (including phenoxy) is 1. The number of carboxylic acids is 1. The number of carboxylic acid groups (broad SMARTS) is 1. The summed E-state index contributed by atoms with van der Waals surface area (Å²) in [6, 6.07) is 0. The number of thiol groups is 1. The molecular formula is C27H37N5O4S. The number of hydrogen-bond acceptors (Lipinski definition) is 5. The molecule has 1 atom stereocenters. The van der Waals surface area contributed by atoms with E-state index in [0.29, 0.717) is 21.8 Å². The molecule has 2 aromatic heterocycles. The Balaban J connectivity index is 1.33. The third kappa shape index (κ3) is 4.27. The number of aliphatic carboxylic acids is 1. The maximum absolute atomic E-state index is 12.6. The Morgan fingerprint density at radius 2 is 1.78 bits per heavy atom. The highest BCUT2D eigenvalue weighted by atomic mass is 32.2. The minimum Gasteiger partial charge on any atom is -0.476 e. The van der Waals surface area contributed by atoms with Crippen LogP contribution in [0.4, 0.5) is 10.5 Å². The van der Waals surface area contributed by atoms with Crippen molar-refractivity contribution < 1.29 is 19.4 Å². The summed E-state index contributed by atoms with van der Waals surface area (Å²) < 4.78 is 9.10. The van der Waals surface area contributed by atoms with Crippen LogP contribution < -0.4 is 5.32 Å². The summed E-state index contributed by atoms with van der Waals surface area (Å²) in [6.07, 6.45) is 9.46. The van der Waals surface area contributed by atoms with Gasteiger partial charge in [-0.05, 0) is 102 Å². The molecule has 9 nitrogen and oxygen atoms in total. The lowest BCUT2D eigenvalue weighted by Crippen LogP contribution is -2.48. The van der Waals surface area contributed by atoms with E-state index in [1.807, 2.05) is 6.20 Å². The van der Waals surface area contributed by atoms with Gasteiger partial charge in [0.1, 0.15) is 10.6 Å². The smallest absolute Gasteiger partial charge is 0.412 e. The molecule has 4 fully saturated rings. The number of anilines is 1. The summed E-state index contributed by atoms with van der Waals surface area (Å²) in [6.45, 7) is 10.2. The monoisotopic (exact) mass is 527 g/mol. The molecule has 0 saturated heterocycles. The molecule has 2 aromatic rings. The second-order valence-electron chi connectivity index (χ2n) is 12.7. The summed E-state index contributed by atoms with van der Waals surface area (Å²) in [5, 5.41) is 24.6. The first-order valence-corrected chi connectivity index (χ1v) is 14.7. The number of aryl methyl sites for hydroxylation is 1. The fourth-order valence-electron chi connectivity index (χ4n) is 7.66. The minimum atomic E-state index is -1.23. The minimum absolute atomic E-state index is 0.106. The molecule has 0 spiro atoms. The van der Waals surface area contributed by atoms with E-state index < -0.39 is 28.6 Å². The van der Waals surface area contributed by atoms with Crippen molar-refractivity contribution in [1.29, 1.82) is 0 Å². The predicted molar refractivity (Wildman–Crippen MR) is 142 cm³/mol. The quantitative estimate of drug-likeness (QED) is 0.438. The zero-order valence-corrected chi connectivity index (χ0v) is 23.1. The van der Waals surface area contributed by atoms with Crippen LogP contribution >= 0.6 is 10.9 Å². The third-order valence-corrected chi connectivity index (χ3v) is 10.9. The lowest BCUT2D eigenvalue weighted by molar-refractivity contribution is -0.130. The van der Waals surface area contributed by atoms with Crippen molar-refractivity contribution >= 4 is 34.3 Å². The van der Waals surface area contributed by atoms with Gasteiger partial charge in [0, 0.05) is 17.1 Å². The highest BCUT2D eigenvalue weighted by molar-refractivity contribution is 8.20. The highest BCUT2D eigenvalue weighted by Gasteiger charge is 2.51. The molecule has 4 aliphatic carbocycles. The van der Waals surface area contributed by atoms with Crippen LogP contribution in [-0.2, 0) is 16.1 Å². The van der Waals surface area contributed by atoms with E-state index in [9.17, 15) is 14.7 Å². The second kappa shape index (κ2) is 8.38. The van der Waals surface area contributed by atoms with Gasteiger partial charge in [0.05, 0.1) is 17.6 Å². The average Bonchev–Trinajstić information content (AvgIpc) is 3.39. The zero-order chi connectivity index (χ0) is 26.3. The number of carbonyl (C=O) groups is 2. The molecule has 4 bridgehead atoms. The SMILES string of the molecule is Cc1nn2c(c1NC(=O)OC(C)(C)C)[SH](c1cnn(CC34CC5CC(CC(C5)C3)C4)c1C)C=C2C(=O)O. The fraction of sp³-hybridized carbons (Fsp3) is 0.630. The van der Waals surface area contributed by atoms with Gasteiger partial charge in [0.2, 0.25) is 0 Å². The van der Waals surface area contributed by atoms with Crippen molar-refractivity contribution in [3.63, 3.8) is 0 Å². The first-order valence-electron chi connectivity index (χ1n) is 13.3. The third-order valence-electron chi connectivity index (χ3n) is 8.58. The predicted octanol–water partition coefficient (Wildman–Crippen LogP) is 5.58. The molecule has 37 heavy (non-hydrogen) atoms. The van der Waals surface area contributed by atoms with Crippen LogP contribution in [0, 0.1) is 37.0 Å². The topological polar surface area (TPSA) is 111 Å². The molecule has 4 saturated carbocycles. The van der Waals surface area contributed by atoms with Crippen LogP contribution in [0.5, 0.6) is 0 Å². The van der Waals surface area contributed by atoms with Crippen LogP contribution in [0.2, 0.25) is 0 Å². The van der Waals surface area contributed by atoms with Gasteiger partial charge in [-0.2, -0.15) is 21.1 Å². The summed E-state index contributed by atoms with van der Waals surface area (Å²) >= 11 is 0. The second-order valence-corrected chi connectivity index (χ2v) is 14.6. The molecule has 0 aromatic carbocycles. The number of amides is 1. The van der Waals surface area contributed by atoms with Gasteiger partial charge in [-0.3, -0.25) is 10.00 Å². The Labute approximate surface area is 220 Å². The van der Waals surface area contributed by atoms with Crippen molar-refractivity contribution in [1.82, 2.24) is 19.6 Å². The van der Waals surface area contributed by atoms with E-state index in [0.717, 1.165) is 34.9 Å². The Kier molecular flexibility index (Phi) is 5.57.